The molecule has 1 fully saturated rings. The predicted molar refractivity (Wildman–Crippen MR) is 122 cm³/mol. The van der Waals surface area contributed by atoms with Crippen LogP contribution in [0.1, 0.15) is 26.2 Å². The van der Waals surface area contributed by atoms with E-state index in [0.717, 1.165) is 0 Å². The second-order valence-corrected chi connectivity index (χ2v) is 8.23. The number of aromatic nitrogens is 2. The second-order valence-electron chi connectivity index (χ2n) is 7.84. The van der Waals surface area contributed by atoms with Gasteiger partial charge in [0.1, 0.15) is 0 Å². The number of aromatic amines is 1. The smallest absolute Gasteiger partial charge is 0.309 e. The molecule has 2 aromatic rings. The Bertz CT molecular complexity index is 1120. The van der Waals surface area contributed by atoms with Gasteiger partial charge in [0.2, 0.25) is 11.8 Å². The maximum Gasteiger partial charge on any atom is 0.309 e. The fourth-order valence-electron chi connectivity index (χ4n) is 3.82. The number of hydrogen-bond donors (Lipinski definition) is 1. The topological polar surface area (TPSA) is 105 Å². The number of nitrogens with zero attached hydrogens (tertiary/aromatic N) is 3. The monoisotopic (exact) mass is 460 g/mol. The summed E-state index contributed by atoms with van der Waals surface area (Å²) in [5.41, 5.74) is 0.403. The molecular formula is C22H28N4O5S. The third-order valence-electron chi connectivity index (χ3n) is 5.70. The van der Waals surface area contributed by atoms with Crippen LogP contribution in [0.4, 0.5) is 0 Å². The van der Waals surface area contributed by atoms with Gasteiger partial charge in [0.05, 0.1) is 30.0 Å². The summed E-state index contributed by atoms with van der Waals surface area (Å²) in [5, 5.41) is 0.503. The average molecular weight is 461 g/mol. The van der Waals surface area contributed by atoms with Crippen molar-refractivity contribution in [3.05, 3.63) is 39.4 Å². The van der Waals surface area contributed by atoms with E-state index in [4.69, 9.17) is 17.0 Å². The van der Waals surface area contributed by atoms with E-state index in [2.05, 4.69) is 4.98 Å². The van der Waals surface area contributed by atoms with Gasteiger partial charge in [0.25, 0.3) is 5.56 Å². The van der Waals surface area contributed by atoms with Gasteiger partial charge in [-0.05, 0) is 44.1 Å². The van der Waals surface area contributed by atoms with Crippen molar-refractivity contribution < 1.29 is 19.1 Å². The van der Waals surface area contributed by atoms with Gasteiger partial charge in [0, 0.05) is 33.1 Å². The van der Waals surface area contributed by atoms with E-state index < -0.39 is 0 Å². The lowest BCUT2D eigenvalue weighted by molar-refractivity contribution is -0.151. The number of rotatable bonds is 7. The number of H-pyrrole nitrogens is 1. The lowest BCUT2D eigenvalue weighted by Gasteiger charge is -2.32. The van der Waals surface area contributed by atoms with Gasteiger partial charge in [-0.2, -0.15) is 0 Å². The first kappa shape index (κ1) is 23.6. The van der Waals surface area contributed by atoms with Gasteiger partial charge < -0.3 is 19.5 Å². The van der Waals surface area contributed by atoms with Crippen LogP contribution in [0.2, 0.25) is 0 Å². The summed E-state index contributed by atoms with van der Waals surface area (Å²) in [4.78, 5) is 55.7. The number of ether oxygens (including phenoxy) is 1. The van der Waals surface area contributed by atoms with Crippen LogP contribution in [0.25, 0.3) is 10.9 Å². The highest BCUT2D eigenvalue weighted by atomic mass is 32.1. The molecule has 0 aliphatic carbocycles. The van der Waals surface area contributed by atoms with Crippen LogP contribution in [0, 0.1) is 10.7 Å². The van der Waals surface area contributed by atoms with Crippen molar-refractivity contribution in [3.8, 4) is 0 Å². The summed E-state index contributed by atoms with van der Waals surface area (Å²) in [7, 11) is 1.56. The van der Waals surface area contributed by atoms with Crippen LogP contribution in [0.15, 0.2) is 29.1 Å². The molecule has 0 unspecified atom stereocenters. The van der Waals surface area contributed by atoms with Gasteiger partial charge in [-0.3, -0.25) is 23.7 Å². The van der Waals surface area contributed by atoms with Crippen LogP contribution in [0.5, 0.6) is 0 Å². The fourth-order valence-corrected chi connectivity index (χ4v) is 4.10. The molecule has 9 nitrogen and oxygen atoms in total. The van der Waals surface area contributed by atoms with E-state index in [1.54, 1.807) is 37.1 Å². The number of piperidine rings is 1. The minimum atomic E-state index is -0.255. The van der Waals surface area contributed by atoms with Crippen LogP contribution < -0.4 is 5.56 Å². The number of likely N-dealkylation sites (N-methyl/N-ethyl adjacent to an activating group) is 1. The van der Waals surface area contributed by atoms with Gasteiger partial charge in [-0.1, -0.05) is 12.1 Å². The summed E-state index contributed by atoms with van der Waals surface area (Å²) >= 11 is 5.27. The first-order chi connectivity index (χ1) is 15.3. The number of esters is 1. The predicted octanol–water partition coefficient (Wildman–Crippen LogP) is 1.71. The van der Waals surface area contributed by atoms with Crippen LogP contribution in [0.3, 0.4) is 0 Å². The molecule has 172 valence electrons. The third-order valence-corrected chi connectivity index (χ3v) is 6.03. The van der Waals surface area contributed by atoms with Gasteiger partial charge in [-0.25, -0.2) is 0 Å². The first-order valence-electron chi connectivity index (χ1n) is 10.7. The molecule has 3 rings (SSSR count). The normalized spacial score (nSPS) is 14.4. The SMILES string of the molecule is CCOC(=O)C1CCN(C(=O)CN(C)C(=O)CCn2c(=S)[nH]c3ccccc3c2=O)CC1. The molecule has 0 radical (unpaired) electrons. The average Bonchev–Trinajstić information content (AvgIpc) is 2.79. The quantitative estimate of drug-likeness (QED) is 0.498. The Balaban J connectivity index is 1.53. The highest BCUT2D eigenvalue weighted by molar-refractivity contribution is 7.71. The number of fused-ring (bicyclic) bond motifs is 1. The fraction of sp³-hybridized carbons (Fsp3) is 0.500. The van der Waals surface area contributed by atoms with Crippen molar-refractivity contribution in [3.63, 3.8) is 0 Å². The molecule has 10 heteroatoms. The molecule has 0 atom stereocenters. The van der Waals surface area contributed by atoms with E-state index in [-0.39, 0.29) is 53.5 Å². The largest absolute Gasteiger partial charge is 0.466 e. The Morgan fingerprint density at radius 2 is 1.91 bits per heavy atom. The zero-order chi connectivity index (χ0) is 23.3. The minimum absolute atomic E-state index is 0.0461. The van der Waals surface area contributed by atoms with E-state index >= 15 is 0 Å². The molecule has 0 saturated carbocycles. The van der Waals surface area contributed by atoms with Gasteiger partial charge in [-0.15, -0.1) is 0 Å². The highest BCUT2D eigenvalue weighted by Crippen LogP contribution is 2.19. The zero-order valence-electron chi connectivity index (χ0n) is 18.3. The van der Waals surface area contributed by atoms with Crippen molar-refractivity contribution >= 4 is 40.9 Å². The molecule has 1 aromatic heterocycles. The molecule has 2 heterocycles. The van der Waals surface area contributed by atoms with E-state index in [0.29, 0.717) is 43.4 Å². The number of hydrogen-bond acceptors (Lipinski definition) is 6. The van der Waals surface area contributed by atoms with Crippen molar-refractivity contribution in [2.45, 2.75) is 32.7 Å². The number of nitrogens with one attached hydrogen (secondary N) is 1. The van der Waals surface area contributed by atoms with Crippen LogP contribution in [-0.4, -0.2) is 70.4 Å². The number of carbonyl (C=O) groups excluding carboxylic acids is 3. The lowest BCUT2D eigenvalue weighted by Crippen LogP contribution is -2.45. The number of likely N-dealkylation sites (tertiary alicyclic amines) is 1. The molecule has 1 aromatic carbocycles. The van der Waals surface area contributed by atoms with Gasteiger partial charge >= 0.3 is 5.97 Å². The zero-order valence-corrected chi connectivity index (χ0v) is 19.2. The summed E-state index contributed by atoms with van der Waals surface area (Å²) in [6.07, 6.45) is 1.17. The van der Waals surface area contributed by atoms with Crippen molar-refractivity contribution in [2.24, 2.45) is 5.92 Å². The highest BCUT2D eigenvalue weighted by Gasteiger charge is 2.28. The molecule has 1 saturated heterocycles. The lowest BCUT2D eigenvalue weighted by atomic mass is 9.97. The van der Waals surface area contributed by atoms with Crippen molar-refractivity contribution in [1.29, 1.82) is 0 Å². The maximum absolute atomic E-state index is 12.7. The summed E-state index contributed by atoms with van der Waals surface area (Å²) < 4.78 is 6.67. The molecule has 1 aliphatic heterocycles. The Morgan fingerprint density at radius 1 is 1.22 bits per heavy atom. The van der Waals surface area contributed by atoms with Gasteiger partial charge in [0.15, 0.2) is 4.77 Å². The van der Waals surface area contributed by atoms with Crippen LogP contribution in [-0.2, 0) is 25.7 Å². The Labute approximate surface area is 191 Å². The molecule has 0 bridgehead atoms. The maximum atomic E-state index is 12.7. The van der Waals surface area contributed by atoms with E-state index in [1.807, 2.05) is 6.07 Å². The molecule has 1 N–H and O–H groups in total. The Hall–Kier alpha value is -3.01. The Kier molecular flexibility index (Phi) is 7.79. The summed E-state index contributed by atoms with van der Waals surface area (Å²) in [6, 6.07) is 7.06. The molecule has 0 spiro atoms. The van der Waals surface area contributed by atoms with Crippen LogP contribution >= 0.6 is 12.2 Å². The van der Waals surface area contributed by atoms with Crippen molar-refractivity contribution in [1.82, 2.24) is 19.4 Å². The number of amides is 2. The standard InChI is InChI=1S/C22H28N4O5S/c1-3-31-21(30)15-8-11-25(12-9-15)19(28)14-24(2)18(27)10-13-26-20(29)16-6-4-5-7-17(16)23-22(26)32/h4-7,15H,3,8-14H2,1-2H3,(H,23,32). The molecule has 2 amide bonds. The summed E-state index contributed by atoms with van der Waals surface area (Å²) in [6.45, 7) is 3.12. The minimum Gasteiger partial charge on any atom is -0.466 e. The molecule has 1 aliphatic rings. The second kappa shape index (κ2) is 10.5. The summed E-state index contributed by atoms with van der Waals surface area (Å²) in [5.74, 6) is -0.810. The number of carbonyl (C=O) groups is 3. The third kappa shape index (κ3) is 5.42. The molecular weight excluding hydrogens is 432 g/mol. The number of benzene rings is 1. The molecule has 32 heavy (non-hydrogen) atoms. The first-order valence-corrected chi connectivity index (χ1v) is 11.1. The Morgan fingerprint density at radius 3 is 2.59 bits per heavy atom. The van der Waals surface area contributed by atoms with Crippen molar-refractivity contribution in [2.75, 3.05) is 33.3 Å². The number of para-hydroxylation sites is 1. The van der Waals surface area contributed by atoms with E-state index in [9.17, 15) is 19.2 Å². The van der Waals surface area contributed by atoms with E-state index in [1.165, 1.54) is 9.47 Å².